The van der Waals surface area contributed by atoms with Crippen LogP contribution in [0.25, 0.3) is 0 Å². The van der Waals surface area contributed by atoms with Crippen molar-refractivity contribution < 1.29 is 49.3 Å². The van der Waals surface area contributed by atoms with Crippen LogP contribution in [0.2, 0.25) is 0 Å². The van der Waals surface area contributed by atoms with Crippen LogP contribution in [0.4, 0.5) is 0 Å². The van der Waals surface area contributed by atoms with Crippen LogP contribution >= 0.6 is 0 Å². The van der Waals surface area contributed by atoms with Crippen molar-refractivity contribution in [2.75, 3.05) is 6.61 Å². The number of carbonyl (C=O) groups is 2. The van der Waals surface area contributed by atoms with E-state index in [1.165, 1.54) is 6.92 Å². The molecule has 0 spiro atoms. The largest absolute Gasteiger partial charge is 0.481 e. The Morgan fingerprint density at radius 2 is 1.78 bits per heavy atom. The molecule has 0 aliphatic carbocycles. The van der Waals surface area contributed by atoms with Crippen molar-refractivity contribution in [1.82, 2.24) is 0 Å². The van der Waals surface area contributed by atoms with Crippen molar-refractivity contribution >= 4 is 11.9 Å². The van der Waals surface area contributed by atoms with Crippen LogP contribution in [-0.2, 0) is 23.8 Å². The summed E-state index contributed by atoms with van der Waals surface area (Å²) in [6, 6.07) is 0. The van der Waals surface area contributed by atoms with Gasteiger partial charge in [-0.05, 0) is 20.3 Å². The summed E-state index contributed by atoms with van der Waals surface area (Å²) in [4.78, 5) is 22.5. The van der Waals surface area contributed by atoms with Gasteiger partial charge in [0.25, 0.3) is 0 Å². The van der Waals surface area contributed by atoms with E-state index in [4.69, 9.17) is 19.3 Å². The molecule has 5 N–H and O–H groups in total. The third-order valence-electron chi connectivity index (χ3n) is 4.20. The number of carboxylic acids is 1. The van der Waals surface area contributed by atoms with Gasteiger partial charge in [0, 0.05) is 0 Å². The molecular weight excluding hydrogens is 364 g/mol. The fraction of sp³-hybridized carbons (Fsp3) is 0.882. The van der Waals surface area contributed by atoms with Gasteiger partial charge in [-0.25, -0.2) is 0 Å². The molecule has 1 aliphatic heterocycles. The van der Waals surface area contributed by atoms with E-state index in [2.05, 4.69) is 0 Å². The maximum atomic E-state index is 11.8. The fourth-order valence-corrected chi connectivity index (χ4v) is 2.80. The molecule has 10 heteroatoms. The van der Waals surface area contributed by atoms with Crippen LogP contribution in [0, 0.1) is 0 Å². The van der Waals surface area contributed by atoms with Crippen LogP contribution < -0.4 is 0 Å². The van der Waals surface area contributed by atoms with Crippen molar-refractivity contribution in [2.45, 2.75) is 88.9 Å². The summed E-state index contributed by atoms with van der Waals surface area (Å²) >= 11 is 0. The topological polar surface area (TPSA) is 163 Å². The molecule has 0 aromatic heterocycles. The maximum absolute atomic E-state index is 11.8. The Kier molecular flexibility index (Phi) is 9.06. The zero-order valence-electron chi connectivity index (χ0n) is 15.8. The molecule has 1 fully saturated rings. The highest BCUT2D eigenvalue weighted by atomic mass is 16.7. The van der Waals surface area contributed by atoms with Crippen LogP contribution in [-0.4, -0.2) is 86.5 Å². The highest BCUT2D eigenvalue weighted by molar-refractivity contribution is 5.73. The summed E-state index contributed by atoms with van der Waals surface area (Å²) in [5, 5.41) is 48.5. The molecule has 1 aliphatic rings. The first-order valence-electron chi connectivity index (χ1n) is 8.91. The molecule has 0 saturated carbocycles. The Bertz CT molecular complexity index is 494. The standard InChI is InChI=1S/C17H30O10/c1-4-5-9(2)26-16-15(23)14(22)13(21)10(27-16)8-25-12(20)7-17(3,24)6-11(18)19/h9-10,13-16,21-24H,4-8H2,1-3H3,(H,18,19)/t9-,10+,13+,14-,15+,16+,17?/m0/s1. The number of carbonyl (C=O) groups excluding carboxylic acids is 1. The number of ether oxygens (including phenoxy) is 3. The van der Waals surface area contributed by atoms with Gasteiger partial charge in [0.15, 0.2) is 6.29 Å². The minimum atomic E-state index is -1.79. The van der Waals surface area contributed by atoms with Crippen LogP contribution in [0.1, 0.15) is 46.5 Å². The molecule has 10 nitrogen and oxygen atoms in total. The van der Waals surface area contributed by atoms with Crippen molar-refractivity contribution in [2.24, 2.45) is 0 Å². The molecule has 0 aromatic carbocycles. The van der Waals surface area contributed by atoms with Crippen LogP contribution in [0.3, 0.4) is 0 Å². The number of esters is 1. The van der Waals surface area contributed by atoms with E-state index in [1.54, 1.807) is 6.92 Å². The van der Waals surface area contributed by atoms with Gasteiger partial charge in [0.2, 0.25) is 0 Å². The summed E-state index contributed by atoms with van der Waals surface area (Å²) in [6.45, 7) is 4.46. The quantitative estimate of drug-likeness (QED) is 0.295. The Hall–Kier alpha value is -1.30. The van der Waals surface area contributed by atoms with Gasteiger partial charge in [0.1, 0.15) is 31.0 Å². The van der Waals surface area contributed by atoms with Gasteiger partial charge < -0.3 is 39.7 Å². The van der Waals surface area contributed by atoms with E-state index in [-0.39, 0.29) is 6.10 Å². The first-order chi connectivity index (χ1) is 12.5. The number of aliphatic hydroxyl groups excluding tert-OH is 3. The number of aliphatic carboxylic acids is 1. The molecule has 0 bridgehead atoms. The smallest absolute Gasteiger partial charge is 0.308 e. The van der Waals surface area contributed by atoms with Crippen molar-refractivity contribution in [3.8, 4) is 0 Å². The Morgan fingerprint density at radius 1 is 1.15 bits per heavy atom. The monoisotopic (exact) mass is 394 g/mol. The summed E-state index contributed by atoms with van der Waals surface area (Å²) < 4.78 is 15.9. The number of hydrogen-bond acceptors (Lipinski definition) is 9. The van der Waals surface area contributed by atoms with Gasteiger partial charge in [-0.3, -0.25) is 9.59 Å². The third kappa shape index (κ3) is 7.68. The molecule has 1 saturated heterocycles. The second-order valence-electron chi connectivity index (χ2n) is 7.18. The van der Waals surface area contributed by atoms with Gasteiger partial charge in [0.05, 0.1) is 24.5 Å². The number of hydrogen-bond donors (Lipinski definition) is 5. The van der Waals surface area contributed by atoms with Crippen LogP contribution in [0.5, 0.6) is 0 Å². The minimum Gasteiger partial charge on any atom is -0.481 e. The first-order valence-corrected chi connectivity index (χ1v) is 8.91. The molecule has 0 amide bonds. The highest BCUT2D eigenvalue weighted by Crippen LogP contribution is 2.24. The SMILES string of the molecule is CCC[C@H](C)O[C@@H]1O[C@H](COC(=O)CC(C)(O)CC(=O)O)[C@@H](O)[C@H](O)[C@H]1O. The van der Waals surface area contributed by atoms with Crippen molar-refractivity contribution in [1.29, 1.82) is 0 Å². The summed E-state index contributed by atoms with van der Waals surface area (Å²) in [7, 11) is 0. The van der Waals surface area contributed by atoms with E-state index in [0.717, 1.165) is 6.42 Å². The summed E-state index contributed by atoms with van der Waals surface area (Å²) in [5.41, 5.74) is -1.79. The van der Waals surface area contributed by atoms with E-state index >= 15 is 0 Å². The third-order valence-corrected chi connectivity index (χ3v) is 4.20. The average Bonchev–Trinajstić information content (AvgIpc) is 2.52. The second-order valence-corrected chi connectivity index (χ2v) is 7.18. The molecule has 1 heterocycles. The molecule has 0 aromatic rings. The first kappa shape index (κ1) is 23.7. The molecule has 7 atom stereocenters. The van der Waals surface area contributed by atoms with E-state index in [0.29, 0.717) is 6.42 Å². The normalized spacial score (nSPS) is 31.7. The van der Waals surface area contributed by atoms with E-state index in [9.17, 15) is 30.0 Å². The maximum Gasteiger partial charge on any atom is 0.308 e. The summed E-state index contributed by atoms with van der Waals surface area (Å²) in [6.07, 6.45) is -6.84. The molecule has 1 rings (SSSR count). The minimum absolute atomic E-state index is 0.258. The Labute approximate surface area is 157 Å². The Morgan fingerprint density at radius 3 is 2.33 bits per heavy atom. The second kappa shape index (κ2) is 10.3. The van der Waals surface area contributed by atoms with Crippen molar-refractivity contribution in [3.63, 3.8) is 0 Å². The molecular formula is C17H30O10. The van der Waals surface area contributed by atoms with E-state index in [1.807, 2.05) is 6.92 Å². The summed E-state index contributed by atoms with van der Waals surface area (Å²) in [5.74, 6) is -2.16. The predicted octanol–water partition coefficient (Wildman–Crippen LogP) is -0.842. The zero-order valence-corrected chi connectivity index (χ0v) is 15.8. The molecule has 1 unspecified atom stereocenters. The molecule has 0 radical (unpaired) electrons. The van der Waals surface area contributed by atoms with Gasteiger partial charge in [-0.1, -0.05) is 13.3 Å². The van der Waals surface area contributed by atoms with Gasteiger partial charge in [-0.15, -0.1) is 0 Å². The van der Waals surface area contributed by atoms with Crippen molar-refractivity contribution in [3.05, 3.63) is 0 Å². The molecule has 158 valence electrons. The van der Waals surface area contributed by atoms with Crippen LogP contribution in [0.15, 0.2) is 0 Å². The Balaban J connectivity index is 2.61. The van der Waals surface area contributed by atoms with Gasteiger partial charge >= 0.3 is 11.9 Å². The predicted molar refractivity (Wildman–Crippen MR) is 90.6 cm³/mol. The lowest BCUT2D eigenvalue weighted by Crippen LogP contribution is -2.59. The number of carboxylic acid groups (broad SMARTS) is 1. The van der Waals surface area contributed by atoms with E-state index < -0.39 is 67.7 Å². The molecule has 27 heavy (non-hydrogen) atoms. The average molecular weight is 394 g/mol. The highest BCUT2D eigenvalue weighted by Gasteiger charge is 2.45. The number of aliphatic hydroxyl groups is 4. The lowest BCUT2D eigenvalue weighted by molar-refractivity contribution is -0.310. The fourth-order valence-electron chi connectivity index (χ4n) is 2.80. The lowest BCUT2D eigenvalue weighted by Gasteiger charge is -2.40. The lowest BCUT2D eigenvalue weighted by atomic mass is 9.98. The van der Waals surface area contributed by atoms with Gasteiger partial charge in [-0.2, -0.15) is 0 Å². The number of rotatable bonds is 10. The zero-order chi connectivity index (χ0) is 20.8.